The molecule has 0 atom stereocenters. The molecule has 0 rings (SSSR count). The van der Waals surface area contributed by atoms with Crippen molar-refractivity contribution in [2.45, 2.75) is 52.0 Å². The zero-order valence-corrected chi connectivity index (χ0v) is 14.3. The largest absolute Gasteiger partial charge is 0.356 e. The second-order valence-corrected chi connectivity index (χ2v) is 4.72. The van der Waals surface area contributed by atoms with Gasteiger partial charge in [-0.05, 0) is 19.8 Å². The molecule has 0 saturated carbocycles. The van der Waals surface area contributed by atoms with Gasteiger partial charge in [0.1, 0.15) is 0 Å². The van der Waals surface area contributed by atoms with Gasteiger partial charge >= 0.3 is 0 Å². The highest BCUT2D eigenvalue weighted by molar-refractivity contribution is 4.66. The highest BCUT2D eigenvalue weighted by atomic mass is 16.7. The molecule has 0 bridgehead atoms. The van der Waals surface area contributed by atoms with Crippen molar-refractivity contribution in [2.75, 3.05) is 41.7 Å². The SMILES string of the molecule is CCOC(CC(CC(OC)OC)CC(OC)OC)OCC. The van der Waals surface area contributed by atoms with Gasteiger partial charge < -0.3 is 28.4 Å². The topological polar surface area (TPSA) is 55.4 Å². The van der Waals surface area contributed by atoms with Crippen LogP contribution in [0.5, 0.6) is 0 Å². The fourth-order valence-electron chi connectivity index (χ4n) is 2.24. The molecule has 6 heteroatoms. The van der Waals surface area contributed by atoms with Gasteiger partial charge in [0.25, 0.3) is 0 Å². The summed E-state index contributed by atoms with van der Waals surface area (Å²) in [6.07, 6.45) is 1.46. The average Bonchev–Trinajstić information content (AvgIpc) is 2.50. The van der Waals surface area contributed by atoms with Crippen LogP contribution in [-0.2, 0) is 28.4 Å². The van der Waals surface area contributed by atoms with Gasteiger partial charge in [0.2, 0.25) is 0 Å². The van der Waals surface area contributed by atoms with Gasteiger partial charge in [0.05, 0.1) is 0 Å². The van der Waals surface area contributed by atoms with Crippen LogP contribution in [0.4, 0.5) is 0 Å². The molecule has 0 aromatic carbocycles. The highest BCUT2D eigenvalue weighted by Gasteiger charge is 2.24. The molecule has 0 N–H and O–H groups in total. The molecule has 0 aromatic heterocycles. The Bertz CT molecular complexity index is 198. The molecular weight excluding hydrogens is 276 g/mol. The van der Waals surface area contributed by atoms with E-state index in [0.29, 0.717) is 13.2 Å². The van der Waals surface area contributed by atoms with Gasteiger partial charge in [-0.2, -0.15) is 0 Å². The lowest BCUT2D eigenvalue weighted by Gasteiger charge is -2.28. The smallest absolute Gasteiger partial charge is 0.157 e. The second kappa shape index (κ2) is 13.4. The van der Waals surface area contributed by atoms with E-state index in [1.165, 1.54) is 0 Å². The lowest BCUT2D eigenvalue weighted by Crippen LogP contribution is -2.28. The maximum absolute atomic E-state index is 5.63. The first-order valence-corrected chi connectivity index (χ1v) is 7.49. The van der Waals surface area contributed by atoms with E-state index < -0.39 is 0 Å². The Labute approximate surface area is 129 Å². The third-order valence-corrected chi connectivity index (χ3v) is 3.33. The Morgan fingerprint density at radius 1 is 0.571 bits per heavy atom. The molecule has 0 spiro atoms. The van der Waals surface area contributed by atoms with Crippen molar-refractivity contribution < 1.29 is 28.4 Å². The predicted octanol–water partition coefficient (Wildman–Crippen LogP) is 2.41. The minimum atomic E-state index is -0.256. The van der Waals surface area contributed by atoms with E-state index in [1.54, 1.807) is 28.4 Å². The molecule has 0 aliphatic rings. The van der Waals surface area contributed by atoms with E-state index >= 15 is 0 Å². The van der Waals surface area contributed by atoms with Crippen molar-refractivity contribution in [1.82, 2.24) is 0 Å². The molecule has 0 aliphatic heterocycles. The summed E-state index contributed by atoms with van der Waals surface area (Å²) in [4.78, 5) is 0. The van der Waals surface area contributed by atoms with Gasteiger partial charge in [0.15, 0.2) is 18.9 Å². The molecule has 128 valence electrons. The number of hydrogen-bond donors (Lipinski definition) is 0. The molecule has 0 aromatic rings. The summed E-state index contributed by atoms with van der Waals surface area (Å²) in [5, 5.41) is 0. The highest BCUT2D eigenvalue weighted by Crippen LogP contribution is 2.24. The Balaban J connectivity index is 4.66. The molecule has 0 heterocycles. The number of methoxy groups -OCH3 is 4. The molecule has 0 aliphatic carbocycles. The van der Waals surface area contributed by atoms with E-state index in [9.17, 15) is 0 Å². The third-order valence-electron chi connectivity index (χ3n) is 3.33. The van der Waals surface area contributed by atoms with E-state index in [1.807, 2.05) is 13.8 Å². The summed E-state index contributed by atoms with van der Waals surface area (Å²) >= 11 is 0. The molecule has 0 saturated heterocycles. The maximum atomic E-state index is 5.63. The molecular formula is C15H32O6. The Kier molecular flexibility index (Phi) is 13.3. The van der Waals surface area contributed by atoms with Crippen molar-refractivity contribution in [3.8, 4) is 0 Å². The van der Waals surface area contributed by atoms with Crippen LogP contribution in [0.1, 0.15) is 33.1 Å². The summed E-state index contributed by atoms with van der Waals surface area (Å²) in [7, 11) is 6.55. The summed E-state index contributed by atoms with van der Waals surface area (Å²) in [5.41, 5.74) is 0. The number of hydrogen-bond acceptors (Lipinski definition) is 6. The van der Waals surface area contributed by atoms with E-state index in [0.717, 1.165) is 19.3 Å². The van der Waals surface area contributed by atoms with Crippen LogP contribution in [0.2, 0.25) is 0 Å². The Morgan fingerprint density at radius 3 is 1.19 bits per heavy atom. The first kappa shape index (κ1) is 20.8. The van der Waals surface area contributed by atoms with Crippen molar-refractivity contribution in [3.63, 3.8) is 0 Å². The summed E-state index contributed by atoms with van der Waals surface area (Å²) in [6.45, 7) is 5.16. The molecule has 0 amide bonds. The van der Waals surface area contributed by atoms with Crippen molar-refractivity contribution in [1.29, 1.82) is 0 Å². The molecule has 6 nitrogen and oxygen atoms in total. The predicted molar refractivity (Wildman–Crippen MR) is 80.0 cm³/mol. The summed E-state index contributed by atoms with van der Waals surface area (Å²) < 4.78 is 32.4. The van der Waals surface area contributed by atoms with Crippen LogP contribution in [-0.4, -0.2) is 60.5 Å². The molecule has 0 fully saturated rings. The van der Waals surface area contributed by atoms with E-state index in [2.05, 4.69) is 0 Å². The summed E-state index contributed by atoms with van der Waals surface area (Å²) in [6, 6.07) is 0. The Hall–Kier alpha value is -0.240. The minimum absolute atomic E-state index is 0.228. The lowest BCUT2D eigenvalue weighted by molar-refractivity contribution is -0.169. The molecule has 0 unspecified atom stereocenters. The molecule has 0 radical (unpaired) electrons. The fourth-order valence-corrected chi connectivity index (χ4v) is 2.24. The van der Waals surface area contributed by atoms with Gasteiger partial charge in [0, 0.05) is 60.9 Å². The standard InChI is InChI=1S/C15H32O6/c1-7-20-15(21-8-2)11-12(9-13(16-3)17-4)10-14(18-5)19-6/h12-15H,7-11H2,1-6H3. The lowest BCUT2D eigenvalue weighted by atomic mass is 9.96. The monoisotopic (exact) mass is 308 g/mol. The number of rotatable bonds is 14. The second-order valence-electron chi connectivity index (χ2n) is 4.72. The minimum Gasteiger partial charge on any atom is -0.356 e. The molecule has 21 heavy (non-hydrogen) atoms. The van der Waals surface area contributed by atoms with Gasteiger partial charge in [-0.15, -0.1) is 0 Å². The average molecular weight is 308 g/mol. The fraction of sp³-hybridized carbons (Fsp3) is 1.00. The zero-order chi connectivity index (χ0) is 16.1. The van der Waals surface area contributed by atoms with Crippen LogP contribution in [0.3, 0.4) is 0 Å². The van der Waals surface area contributed by atoms with Crippen LogP contribution < -0.4 is 0 Å². The Morgan fingerprint density at radius 2 is 0.905 bits per heavy atom. The van der Waals surface area contributed by atoms with Gasteiger partial charge in [-0.25, -0.2) is 0 Å². The van der Waals surface area contributed by atoms with Crippen LogP contribution in [0.25, 0.3) is 0 Å². The third kappa shape index (κ3) is 9.39. The normalized spacial score (nSPS) is 12.3. The van der Waals surface area contributed by atoms with Crippen LogP contribution in [0.15, 0.2) is 0 Å². The first-order valence-electron chi connectivity index (χ1n) is 7.49. The quantitative estimate of drug-likeness (QED) is 0.459. The maximum Gasteiger partial charge on any atom is 0.157 e. The van der Waals surface area contributed by atoms with Crippen molar-refractivity contribution in [2.24, 2.45) is 5.92 Å². The van der Waals surface area contributed by atoms with Crippen molar-refractivity contribution >= 4 is 0 Å². The van der Waals surface area contributed by atoms with E-state index in [4.69, 9.17) is 28.4 Å². The van der Waals surface area contributed by atoms with E-state index in [-0.39, 0.29) is 24.8 Å². The first-order chi connectivity index (χ1) is 10.1. The summed E-state index contributed by atoms with van der Waals surface area (Å²) in [5.74, 6) is 0.239. The van der Waals surface area contributed by atoms with Crippen molar-refractivity contribution in [3.05, 3.63) is 0 Å². The number of ether oxygens (including phenoxy) is 6. The zero-order valence-electron chi connectivity index (χ0n) is 14.3. The van der Waals surface area contributed by atoms with Gasteiger partial charge in [-0.1, -0.05) is 0 Å². The van der Waals surface area contributed by atoms with Crippen LogP contribution in [0, 0.1) is 5.92 Å². The van der Waals surface area contributed by atoms with Gasteiger partial charge in [-0.3, -0.25) is 0 Å². The van der Waals surface area contributed by atoms with Crippen LogP contribution >= 0.6 is 0 Å².